The number of rotatable bonds is 11. The van der Waals surface area contributed by atoms with Gasteiger partial charge in [-0.2, -0.15) is 0 Å². The molecular formula is C29H41N3O2. The first-order valence-corrected chi connectivity index (χ1v) is 13.1. The Labute approximate surface area is 205 Å². The second-order valence-electron chi connectivity index (χ2n) is 9.25. The van der Waals surface area contributed by atoms with Crippen LogP contribution in [-0.4, -0.2) is 65.9 Å². The molecule has 2 aromatic rings. The number of amides is 3. The van der Waals surface area contributed by atoms with Gasteiger partial charge in [0.2, 0.25) is 5.91 Å². The third kappa shape index (κ3) is 7.09. The Bertz CT molecular complexity index is 814. The van der Waals surface area contributed by atoms with Crippen LogP contribution in [0.25, 0.3) is 0 Å². The maximum atomic E-state index is 13.7. The molecule has 0 radical (unpaired) electrons. The molecule has 0 N–H and O–H groups in total. The topological polar surface area (TPSA) is 43.9 Å². The fourth-order valence-electron chi connectivity index (χ4n) is 4.68. The van der Waals surface area contributed by atoms with Gasteiger partial charge in [-0.05, 0) is 24.0 Å². The Morgan fingerprint density at radius 2 is 1.15 bits per heavy atom. The number of unbranched alkanes of at least 4 members (excludes halogenated alkanes) is 4. The lowest BCUT2D eigenvalue weighted by atomic mass is 9.90. The molecular weight excluding hydrogens is 422 g/mol. The van der Waals surface area contributed by atoms with Crippen molar-refractivity contribution in [2.75, 3.05) is 39.3 Å². The van der Waals surface area contributed by atoms with Gasteiger partial charge in [0.15, 0.2) is 0 Å². The predicted molar refractivity (Wildman–Crippen MR) is 139 cm³/mol. The van der Waals surface area contributed by atoms with Crippen molar-refractivity contribution in [2.24, 2.45) is 0 Å². The summed E-state index contributed by atoms with van der Waals surface area (Å²) in [6, 6.07) is 20.2. The molecule has 5 heteroatoms. The zero-order chi connectivity index (χ0) is 24.2. The molecule has 0 saturated carbocycles. The number of benzene rings is 2. The molecule has 0 aromatic heterocycles. The van der Waals surface area contributed by atoms with Crippen LogP contribution in [0.15, 0.2) is 60.7 Å². The monoisotopic (exact) mass is 463 g/mol. The average Bonchev–Trinajstić information content (AvgIpc) is 2.89. The lowest BCUT2D eigenvalue weighted by molar-refractivity contribution is -0.133. The summed E-state index contributed by atoms with van der Waals surface area (Å²) in [5.41, 5.74) is 2.02. The van der Waals surface area contributed by atoms with Gasteiger partial charge in [0.05, 0.1) is 5.92 Å². The molecule has 1 saturated heterocycles. The maximum absolute atomic E-state index is 13.7. The number of nitrogens with zero attached hydrogens (tertiary/aromatic N) is 3. The lowest BCUT2D eigenvalue weighted by Gasteiger charge is -2.39. The van der Waals surface area contributed by atoms with E-state index in [2.05, 4.69) is 13.8 Å². The molecule has 1 aliphatic heterocycles. The number of hydrogen-bond donors (Lipinski definition) is 0. The second kappa shape index (κ2) is 13.8. The Morgan fingerprint density at radius 1 is 0.706 bits per heavy atom. The summed E-state index contributed by atoms with van der Waals surface area (Å²) < 4.78 is 0. The van der Waals surface area contributed by atoms with Crippen LogP contribution in [0.1, 0.15) is 69.4 Å². The first-order chi connectivity index (χ1) is 16.7. The van der Waals surface area contributed by atoms with E-state index in [0.717, 1.165) is 62.7 Å². The van der Waals surface area contributed by atoms with Crippen molar-refractivity contribution in [3.8, 4) is 0 Å². The van der Waals surface area contributed by atoms with Gasteiger partial charge in [0, 0.05) is 39.3 Å². The molecule has 0 atom stereocenters. The SMILES string of the molecule is CCCCCN(CCCCC)C(=O)N1CCN(C(=O)C(c2ccccc2)c2ccccc2)CC1. The summed E-state index contributed by atoms with van der Waals surface area (Å²) in [5.74, 6) is -0.198. The highest BCUT2D eigenvalue weighted by molar-refractivity contribution is 5.87. The number of piperazine rings is 1. The van der Waals surface area contributed by atoms with Gasteiger partial charge in [-0.15, -0.1) is 0 Å². The van der Waals surface area contributed by atoms with Gasteiger partial charge < -0.3 is 14.7 Å². The molecule has 3 rings (SSSR count). The number of hydrogen-bond acceptors (Lipinski definition) is 2. The highest BCUT2D eigenvalue weighted by Gasteiger charge is 2.32. The highest BCUT2D eigenvalue weighted by Crippen LogP contribution is 2.27. The van der Waals surface area contributed by atoms with Crippen molar-refractivity contribution in [1.82, 2.24) is 14.7 Å². The van der Waals surface area contributed by atoms with E-state index in [1.54, 1.807) is 0 Å². The first-order valence-electron chi connectivity index (χ1n) is 13.1. The number of carbonyl (C=O) groups is 2. The Hall–Kier alpha value is -2.82. The van der Waals surface area contributed by atoms with Crippen LogP contribution in [0.4, 0.5) is 4.79 Å². The summed E-state index contributed by atoms with van der Waals surface area (Å²) in [6.07, 6.45) is 6.73. The Balaban J connectivity index is 1.64. The molecule has 0 aliphatic carbocycles. The fraction of sp³-hybridized carbons (Fsp3) is 0.517. The van der Waals surface area contributed by atoms with Crippen LogP contribution >= 0.6 is 0 Å². The summed E-state index contributed by atoms with van der Waals surface area (Å²) >= 11 is 0. The maximum Gasteiger partial charge on any atom is 0.320 e. The molecule has 2 aromatic carbocycles. The predicted octanol–water partition coefficient (Wildman–Crippen LogP) is 5.77. The zero-order valence-electron chi connectivity index (χ0n) is 21.0. The largest absolute Gasteiger partial charge is 0.338 e. The standard InChI is InChI=1S/C29H41N3O2/c1-3-5-13-19-31(20-14-6-4-2)29(34)32-23-21-30(22-24-32)28(33)27(25-15-9-7-10-16-25)26-17-11-8-12-18-26/h7-12,15-18,27H,3-6,13-14,19-24H2,1-2H3. The average molecular weight is 464 g/mol. The van der Waals surface area contributed by atoms with Gasteiger partial charge in [-0.1, -0.05) is 100 Å². The minimum Gasteiger partial charge on any atom is -0.338 e. The molecule has 34 heavy (non-hydrogen) atoms. The van der Waals surface area contributed by atoms with Crippen molar-refractivity contribution in [1.29, 1.82) is 0 Å². The molecule has 184 valence electrons. The number of carbonyl (C=O) groups excluding carboxylic acids is 2. The van der Waals surface area contributed by atoms with E-state index in [4.69, 9.17) is 0 Å². The molecule has 3 amide bonds. The van der Waals surface area contributed by atoms with E-state index in [9.17, 15) is 9.59 Å². The summed E-state index contributed by atoms with van der Waals surface area (Å²) in [4.78, 5) is 32.9. The molecule has 0 spiro atoms. The Morgan fingerprint density at radius 3 is 1.59 bits per heavy atom. The van der Waals surface area contributed by atoms with Crippen molar-refractivity contribution in [2.45, 2.75) is 58.3 Å². The molecule has 0 bridgehead atoms. The minimum atomic E-state index is -0.316. The fourth-order valence-corrected chi connectivity index (χ4v) is 4.68. The molecule has 1 aliphatic rings. The van der Waals surface area contributed by atoms with E-state index < -0.39 is 0 Å². The van der Waals surface area contributed by atoms with Crippen molar-refractivity contribution >= 4 is 11.9 Å². The highest BCUT2D eigenvalue weighted by atomic mass is 16.2. The van der Waals surface area contributed by atoms with E-state index >= 15 is 0 Å². The van der Waals surface area contributed by atoms with Crippen LogP contribution in [-0.2, 0) is 4.79 Å². The van der Waals surface area contributed by atoms with E-state index in [1.807, 2.05) is 75.4 Å². The van der Waals surface area contributed by atoms with E-state index in [1.165, 1.54) is 0 Å². The van der Waals surface area contributed by atoms with Gasteiger partial charge in [-0.3, -0.25) is 4.79 Å². The van der Waals surface area contributed by atoms with Crippen molar-refractivity contribution in [3.05, 3.63) is 71.8 Å². The summed E-state index contributed by atoms with van der Waals surface area (Å²) in [7, 11) is 0. The van der Waals surface area contributed by atoms with Crippen molar-refractivity contribution < 1.29 is 9.59 Å². The smallest absolute Gasteiger partial charge is 0.320 e. The molecule has 0 unspecified atom stereocenters. The molecule has 5 nitrogen and oxygen atoms in total. The number of urea groups is 1. The molecule has 1 heterocycles. The van der Waals surface area contributed by atoms with Crippen LogP contribution in [0, 0.1) is 0 Å². The second-order valence-corrected chi connectivity index (χ2v) is 9.25. The van der Waals surface area contributed by atoms with E-state index in [-0.39, 0.29) is 17.9 Å². The van der Waals surface area contributed by atoms with Crippen LogP contribution in [0.3, 0.4) is 0 Å². The Kier molecular flexibility index (Phi) is 10.5. The summed E-state index contributed by atoms with van der Waals surface area (Å²) in [6.45, 7) is 8.41. The normalized spacial score (nSPS) is 13.9. The van der Waals surface area contributed by atoms with Gasteiger partial charge in [0.1, 0.15) is 0 Å². The minimum absolute atomic E-state index is 0.118. The van der Waals surface area contributed by atoms with Gasteiger partial charge >= 0.3 is 6.03 Å². The summed E-state index contributed by atoms with van der Waals surface area (Å²) in [5, 5.41) is 0. The molecule has 1 fully saturated rings. The lowest BCUT2D eigenvalue weighted by Crippen LogP contribution is -2.55. The van der Waals surface area contributed by atoms with Crippen LogP contribution < -0.4 is 0 Å². The van der Waals surface area contributed by atoms with Gasteiger partial charge in [-0.25, -0.2) is 4.79 Å². The van der Waals surface area contributed by atoms with Crippen LogP contribution in [0.2, 0.25) is 0 Å². The quantitative estimate of drug-likeness (QED) is 0.397. The van der Waals surface area contributed by atoms with Crippen LogP contribution in [0.5, 0.6) is 0 Å². The third-order valence-electron chi connectivity index (χ3n) is 6.71. The third-order valence-corrected chi connectivity index (χ3v) is 6.71. The zero-order valence-corrected chi connectivity index (χ0v) is 21.0. The van der Waals surface area contributed by atoms with Gasteiger partial charge in [0.25, 0.3) is 0 Å². The van der Waals surface area contributed by atoms with E-state index in [0.29, 0.717) is 26.2 Å². The van der Waals surface area contributed by atoms with Crippen molar-refractivity contribution in [3.63, 3.8) is 0 Å². The first kappa shape index (κ1) is 25.8.